The van der Waals surface area contributed by atoms with Crippen LogP contribution in [0.5, 0.6) is 0 Å². The minimum absolute atomic E-state index is 0.0722. The van der Waals surface area contributed by atoms with Crippen LogP contribution in [0, 0.1) is 0 Å². The van der Waals surface area contributed by atoms with Crippen LogP contribution < -0.4 is 0 Å². The van der Waals surface area contributed by atoms with Gasteiger partial charge in [0.05, 0.1) is 0 Å². The molecule has 0 aliphatic heterocycles. The van der Waals surface area contributed by atoms with Crippen molar-refractivity contribution in [2.45, 2.75) is 303 Å². The van der Waals surface area contributed by atoms with E-state index in [1.165, 1.54) is 161 Å². The molecule has 0 saturated carbocycles. The number of allylic oxidation sites excluding steroid dienone is 12. The van der Waals surface area contributed by atoms with E-state index in [9.17, 15) is 14.4 Å². The normalized spacial score (nSPS) is 12.6. The number of esters is 3. The molecule has 0 aromatic carbocycles. The number of hydrogen-bond donors (Lipinski definition) is 0. The van der Waals surface area contributed by atoms with Crippen LogP contribution in [0.3, 0.4) is 0 Å². The van der Waals surface area contributed by atoms with E-state index in [0.29, 0.717) is 19.3 Å². The van der Waals surface area contributed by atoms with Gasteiger partial charge in [0.25, 0.3) is 0 Å². The summed E-state index contributed by atoms with van der Waals surface area (Å²) in [7, 11) is 0. The van der Waals surface area contributed by atoms with Gasteiger partial charge < -0.3 is 14.2 Å². The number of rotatable bonds is 54. The van der Waals surface area contributed by atoms with Crippen LogP contribution in [-0.2, 0) is 28.6 Å². The third-order valence-electron chi connectivity index (χ3n) is 13.0. The van der Waals surface area contributed by atoms with Gasteiger partial charge in [-0.05, 0) is 70.6 Å². The van der Waals surface area contributed by atoms with Crippen molar-refractivity contribution in [2.24, 2.45) is 0 Å². The van der Waals surface area contributed by atoms with Gasteiger partial charge in [0.1, 0.15) is 13.2 Å². The highest BCUT2D eigenvalue weighted by Gasteiger charge is 2.19. The highest BCUT2D eigenvalue weighted by atomic mass is 16.6. The second-order valence-electron chi connectivity index (χ2n) is 19.9. The molecular weight excluding hydrogens is 865 g/mol. The van der Waals surface area contributed by atoms with Gasteiger partial charge in [-0.15, -0.1) is 0 Å². The van der Waals surface area contributed by atoms with Crippen LogP contribution in [0.15, 0.2) is 72.9 Å². The molecular formula is C64H112O6. The van der Waals surface area contributed by atoms with Crippen LogP contribution >= 0.6 is 0 Å². The van der Waals surface area contributed by atoms with Crippen LogP contribution in [0.4, 0.5) is 0 Å². The lowest BCUT2D eigenvalue weighted by Gasteiger charge is -2.18. The number of ether oxygens (including phenoxy) is 3. The quantitative estimate of drug-likeness (QED) is 0.0261. The van der Waals surface area contributed by atoms with Crippen molar-refractivity contribution in [3.8, 4) is 0 Å². The summed E-state index contributed by atoms with van der Waals surface area (Å²) in [6.07, 6.45) is 74.9. The van der Waals surface area contributed by atoms with Gasteiger partial charge in [0, 0.05) is 19.3 Å². The van der Waals surface area contributed by atoms with Gasteiger partial charge in [-0.3, -0.25) is 14.4 Å². The predicted molar refractivity (Wildman–Crippen MR) is 302 cm³/mol. The molecule has 1 atom stereocenters. The van der Waals surface area contributed by atoms with Gasteiger partial charge in [0.15, 0.2) is 6.10 Å². The maximum atomic E-state index is 12.8. The predicted octanol–water partition coefficient (Wildman–Crippen LogP) is 20.2. The lowest BCUT2D eigenvalue weighted by molar-refractivity contribution is -0.167. The Hall–Kier alpha value is -3.15. The third kappa shape index (κ3) is 55.8. The number of carbonyl (C=O) groups excluding carboxylic acids is 3. The molecule has 0 spiro atoms. The van der Waals surface area contributed by atoms with Crippen molar-refractivity contribution < 1.29 is 28.6 Å². The van der Waals surface area contributed by atoms with Crippen LogP contribution in [0.25, 0.3) is 0 Å². The summed E-state index contributed by atoms with van der Waals surface area (Å²) in [6, 6.07) is 0. The van der Waals surface area contributed by atoms with E-state index in [1.54, 1.807) is 0 Å². The van der Waals surface area contributed by atoms with Crippen molar-refractivity contribution in [3.63, 3.8) is 0 Å². The van der Waals surface area contributed by atoms with Gasteiger partial charge in [-0.25, -0.2) is 0 Å². The Morgan fingerprint density at radius 2 is 0.557 bits per heavy atom. The standard InChI is InChI=1S/C64H112O6/c1-4-7-10-13-16-19-21-23-25-26-27-28-29-30-31-32-33-34-35-36-37-38-40-41-43-45-48-51-54-57-63(66)69-60-61(59-68-62(65)56-53-50-47-18-15-12-9-6-3)70-64(67)58-55-52-49-46-44-42-39-24-22-20-17-14-11-8-5-2/h7,10,16,19,23,25,27-28,30-31,33-34,61H,4-6,8-9,11-15,17-18,20-22,24,26,29,32,35-60H2,1-3H3/b10-7-,19-16-,25-23-,28-27-,31-30-,34-33-. The molecule has 0 aliphatic rings. The Labute approximate surface area is 433 Å². The van der Waals surface area contributed by atoms with Gasteiger partial charge in [-0.1, -0.05) is 280 Å². The first-order valence-electron chi connectivity index (χ1n) is 29.9. The van der Waals surface area contributed by atoms with E-state index in [2.05, 4.69) is 93.7 Å². The van der Waals surface area contributed by atoms with Gasteiger partial charge >= 0.3 is 17.9 Å². The molecule has 0 radical (unpaired) electrons. The minimum atomic E-state index is -0.771. The summed E-state index contributed by atoms with van der Waals surface area (Å²) in [5.74, 6) is -0.869. The largest absolute Gasteiger partial charge is 0.462 e. The second-order valence-corrected chi connectivity index (χ2v) is 19.9. The Balaban J connectivity index is 4.15. The van der Waals surface area contributed by atoms with Crippen molar-refractivity contribution in [1.82, 2.24) is 0 Å². The maximum absolute atomic E-state index is 12.8. The smallest absolute Gasteiger partial charge is 0.306 e. The molecule has 0 N–H and O–H groups in total. The van der Waals surface area contributed by atoms with Crippen LogP contribution in [0.1, 0.15) is 297 Å². The van der Waals surface area contributed by atoms with Crippen molar-refractivity contribution in [2.75, 3.05) is 13.2 Å². The molecule has 0 fully saturated rings. The average Bonchev–Trinajstić information content (AvgIpc) is 3.36. The first-order chi connectivity index (χ1) is 34.5. The second kappa shape index (κ2) is 58.4. The Bertz CT molecular complexity index is 1310. The van der Waals surface area contributed by atoms with E-state index >= 15 is 0 Å². The Morgan fingerprint density at radius 1 is 0.300 bits per heavy atom. The minimum Gasteiger partial charge on any atom is -0.462 e. The lowest BCUT2D eigenvalue weighted by atomic mass is 10.0. The number of hydrogen-bond acceptors (Lipinski definition) is 6. The van der Waals surface area contributed by atoms with Crippen LogP contribution in [0.2, 0.25) is 0 Å². The van der Waals surface area contributed by atoms with E-state index in [0.717, 1.165) is 96.3 Å². The summed E-state index contributed by atoms with van der Waals surface area (Å²) in [6.45, 7) is 6.52. The van der Waals surface area contributed by atoms with Gasteiger partial charge in [0.2, 0.25) is 0 Å². The molecule has 1 unspecified atom stereocenters. The summed E-state index contributed by atoms with van der Waals surface area (Å²) < 4.78 is 16.8. The van der Waals surface area contributed by atoms with Crippen molar-refractivity contribution in [3.05, 3.63) is 72.9 Å². The lowest BCUT2D eigenvalue weighted by Crippen LogP contribution is -2.30. The van der Waals surface area contributed by atoms with E-state index < -0.39 is 6.10 Å². The SMILES string of the molecule is CC/C=C\C/C=C\C/C=C\C/C=C\C/C=C\C/C=C\CCCCCCCCCCCCC(=O)OCC(COC(=O)CCCCCCCCCC)OC(=O)CCCCCCCCCCCCCCCCC. The molecule has 0 aromatic heterocycles. The molecule has 0 heterocycles. The molecule has 70 heavy (non-hydrogen) atoms. The van der Waals surface area contributed by atoms with E-state index in [-0.39, 0.29) is 31.1 Å². The summed E-state index contributed by atoms with van der Waals surface area (Å²) in [5.41, 5.74) is 0. The first-order valence-corrected chi connectivity index (χ1v) is 29.9. The molecule has 0 saturated heterocycles. The molecule has 0 aromatic rings. The number of carbonyl (C=O) groups is 3. The summed E-state index contributed by atoms with van der Waals surface area (Å²) >= 11 is 0. The fourth-order valence-electron chi connectivity index (χ4n) is 8.51. The highest BCUT2D eigenvalue weighted by molar-refractivity contribution is 5.71. The maximum Gasteiger partial charge on any atom is 0.306 e. The Morgan fingerprint density at radius 3 is 0.871 bits per heavy atom. The van der Waals surface area contributed by atoms with Crippen LogP contribution in [-0.4, -0.2) is 37.2 Å². The highest BCUT2D eigenvalue weighted by Crippen LogP contribution is 2.16. The third-order valence-corrected chi connectivity index (χ3v) is 13.0. The fraction of sp³-hybridized carbons (Fsp3) is 0.766. The zero-order valence-corrected chi connectivity index (χ0v) is 46.3. The first kappa shape index (κ1) is 66.9. The molecule has 0 rings (SSSR count). The van der Waals surface area contributed by atoms with Gasteiger partial charge in [-0.2, -0.15) is 0 Å². The molecule has 6 heteroatoms. The van der Waals surface area contributed by atoms with Crippen molar-refractivity contribution in [1.29, 1.82) is 0 Å². The number of unbranched alkanes of at least 4 members (excludes halogenated alkanes) is 31. The summed E-state index contributed by atoms with van der Waals surface area (Å²) in [5, 5.41) is 0. The zero-order chi connectivity index (χ0) is 50.7. The zero-order valence-electron chi connectivity index (χ0n) is 46.3. The topological polar surface area (TPSA) is 78.9 Å². The Kier molecular flexibility index (Phi) is 55.8. The average molecular weight is 978 g/mol. The molecule has 0 bridgehead atoms. The fourth-order valence-corrected chi connectivity index (χ4v) is 8.51. The van der Waals surface area contributed by atoms with E-state index in [4.69, 9.17) is 14.2 Å². The summed E-state index contributed by atoms with van der Waals surface area (Å²) in [4.78, 5) is 38.0. The molecule has 0 amide bonds. The van der Waals surface area contributed by atoms with Crippen molar-refractivity contribution >= 4 is 17.9 Å². The van der Waals surface area contributed by atoms with E-state index in [1.807, 2.05) is 0 Å². The molecule has 0 aliphatic carbocycles. The molecule has 6 nitrogen and oxygen atoms in total. The monoisotopic (exact) mass is 977 g/mol. The molecule has 404 valence electrons.